The van der Waals surface area contributed by atoms with Gasteiger partial charge in [-0.15, -0.1) is 0 Å². The highest BCUT2D eigenvalue weighted by molar-refractivity contribution is 6.31. The summed E-state index contributed by atoms with van der Waals surface area (Å²) in [5.74, 6) is -0.517. The van der Waals surface area contributed by atoms with Gasteiger partial charge in [-0.1, -0.05) is 35.3 Å². The van der Waals surface area contributed by atoms with Crippen molar-refractivity contribution >= 4 is 34.6 Å². The fourth-order valence-electron chi connectivity index (χ4n) is 2.06. The summed E-state index contributed by atoms with van der Waals surface area (Å²) in [5.41, 5.74) is 7.95. The molecule has 0 bridgehead atoms. The van der Waals surface area contributed by atoms with Gasteiger partial charge in [-0.05, 0) is 30.7 Å². The lowest BCUT2D eigenvalue weighted by Gasteiger charge is -2.29. The van der Waals surface area contributed by atoms with Crippen molar-refractivity contribution in [3.05, 3.63) is 57.8 Å². The predicted octanol–water partition coefficient (Wildman–Crippen LogP) is 4.91. The maximum absolute atomic E-state index is 13.4. The number of halogens is 3. The van der Waals surface area contributed by atoms with E-state index in [-0.39, 0.29) is 11.1 Å². The van der Waals surface area contributed by atoms with E-state index in [1.807, 2.05) is 43.1 Å². The third-order valence-electron chi connectivity index (χ3n) is 3.36. The highest BCUT2D eigenvalue weighted by Crippen LogP contribution is 2.33. The fraction of sp³-hybridized carbons (Fsp3) is 0.200. The Morgan fingerprint density at radius 1 is 1.20 bits per heavy atom. The molecule has 0 heterocycles. The minimum Gasteiger partial charge on any atom is -0.397 e. The van der Waals surface area contributed by atoms with Crippen molar-refractivity contribution in [1.82, 2.24) is 0 Å². The monoisotopic (exact) mass is 312 g/mol. The first kappa shape index (κ1) is 14.9. The van der Waals surface area contributed by atoms with E-state index in [2.05, 4.69) is 0 Å². The number of nitrogens with zero attached hydrogens (tertiary/aromatic N) is 1. The van der Waals surface area contributed by atoms with Crippen LogP contribution in [0.5, 0.6) is 0 Å². The van der Waals surface area contributed by atoms with Gasteiger partial charge in [0.1, 0.15) is 5.82 Å². The number of benzene rings is 2. The van der Waals surface area contributed by atoms with Gasteiger partial charge in [0, 0.05) is 18.1 Å². The van der Waals surface area contributed by atoms with E-state index in [9.17, 15) is 4.39 Å². The molecule has 0 saturated heterocycles. The molecule has 2 aromatic rings. The van der Waals surface area contributed by atoms with E-state index in [1.54, 1.807) is 0 Å². The van der Waals surface area contributed by atoms with Crippen molar-refractivity contribution in [2.24, 2.45) is 0 Å². The summed E-state index contributed by atoms with van der Waals surface area (Å²) in [6, 6.07) is 10.4. The van der Waals surface area contributed by atoms with Crippen molar-refractivity contribution in [2.75, 3.05) is 17.7 Å². The number of hydrogen-bond acceptors (Lipinski definition) is 2. The van der Waals surface area contributed by atoms with Gasteiger partial charge in [-0.25, -0.2) is 4.39 Å². The average Bonchev–Trinajstić information content (AvgIpc) is 2.41. The Hall–Kier alpha value is -1.45. The Labute approximate surface area is 127 Å². The van der Waals surface area contributed by atoms with Crippen LogP contribution in [0.25, 0.3) is 0 Å². The highest BCUT2D eigenvalue weighted by Gasteiger charge is 2.16. The minimum atomic E-state index is -0.517. The van der Waals surface area contributed by atoms with Crippen LogP contribution in [0.3, 0.4) is 0 Å². The number of nitrogen functional groups attached to an aromatic ring is 1. The van der Waals surface area contributed by atoms with Crippen molar-refractivity contribution in [1.29, 1.82) is 0 Å². The maximum Gasteiger partial charge on any atom is 0.143 e. The van der Waals surface area contributed by atoms with Crippen LogP contribution < -0.4 is 10.6 Å². The second kappa shape index (κ2) is 5.90. The molecule has 1 unspecified atom stereocenters. The van der Waals surface area contributed by atoms with Crippen LogP contribution in [0, 0.1) is 5.82 Å². The molecule has 0 aliphatic carbocycles. The van der Waals surface area contributed by atoms with E-state index in [0.29, 0.717) is 16.4 Å². The van der Waals surface area contributed by atoms with Crippen molar-refractivity contribution < 1.29 is 4.39 Å². The zero-order chi connectivity index (χ0) is 14.9. The zero-order valence-corrected chi connectivity index (χ0v) is 12.7. The van der Waals surface area contributed by atoms with Crippen LogP contribution in [0.15, 0.2) is 36.4 Å². The van der Waals surface area contributed by atoms with E-state index in [0.717, 1.165) is 5.56 Å². The molecule has 0 fully saturated rings. The van der Waals surface area contributed by atoms with Gasteiger partial charge in [0.25, 0.3) is 0 Å². The van der Waals surface area contributed by atoms with Crippen molar-refractivity contribution in [3.8, 4) is 0 Å². The van der Waals surface area contributed by atoms with Crippen LogP contribution in [0.4, 0.5) is 15.8 Å². The predicted molar refractivity (Wildman–Crippen MR) is 84.1 cm³/mol. The highest BCUT2D eigenvalue weighted by atomic mass is 35.5. The first-order chi connectivity index (χ1) is 9.40. The lowest BCUT2D eigenvalue weighted by Crippen LogP contribution is -2.22. The Bertz CT molecular complexity index is 631. The van der Waals surface area contributed by atoms with Gasteiger partial charge in [0.2, 0.25) is 0 Å². The lowest BCUT2D eigenvalue weighted by molar-refractivity contribution is 0.628. The molecule has 2 nitrogen and oxygen atoms in total. The smallest absolute Gasteiger partial charge is 0.143 e. The van der Waals surface area contributed by atoms with Gasteiger partial charge >= 0.3 is 0 Å². The third kappa shape index (κ3) is 3.00. The number of rotatable bonds is 3. The van der Waals surface area contributed by atoms with Crippen LogP contribution in [0.1, 0.15) is 18.5 Å². The van der Waals surface area contributed by atoms with Gasteiger partial charge in [-0.2, -0.15) is 0 Å². The van der Waals surface area contributed by atoms with Gasteiger partial charge < -0.3 is 10.6 Å². The van der Waals surface area contributed by atoms with E-state index >= 15 is 0 Å². The van der Waals surface area contributed by atoms with E-state index < -0.39 is 5.82 Å². The molecule has 0 spiro atoms. The molecule has 106 valence electrons. The second-order valence-corrected chi connectivity index (χ2v) is 5.51. The van der Waals surface area contributed by atoms with Crippen LogP contribution in [-0.2, 0) is 0 Å². The van der Waals surface area contributed by atoms with Crippen LogP contribution >= 0.6 is 23.2 Å². The first-order valence-corrected chi connectivity index (χ1v) is 6.88. The maximum atomic E-state index is 13.4. The molecule has 2 N–H and O–H groups in total. The summed E-state index contributed by atoms with van der Waals surface area (Å²) in [7, 11) is 1.88. The topological polar surface area (TPSA) is 29.3 Å². The molecule has 2 rings (SSSR count). The van der Waals surface area contributed by atoms with Crippen molar-refractivity contribution in [2.45, 2.75) is 13.0 Å². The molecule has 0 radical (unpaired) electrons. The summed E-state index contributed by atoms with van der Waals surface area (Å²) >= 11 is 11.8. The molecule has 1 atom stereocenters. The van der Waals surface area contributed by atoms with Gasteiger partial charge in [-0.3, -0.25) is 0 Å². The Kier molecular flexibility index (Phi) is 4.41. The first-order valence-electron chi connectivity index (χ1n) is 6.13. The number of hydrogen-bond donors (Lipinski definition) is 1. The summed E-state index contributed by atoms with van der Waals surface area (Å²) in [4.78, 5) is 1.94. The van der Waals surface area contributed by atoms with E-state index in [4.69, 9.17) is 28.9 Å². The molecular weight excluding hydrogens is 298 g/mol. The molecule has 0 amide bonds. The quantitative estimate of drug-likeness (QED) is 0.816. The Balaban J connectivity index is 2.36. The molecule has 0 saturated carbocycles. The SMILES string of the molecule is CC(c1cccc(Cl)c1)N(C)c1cc(Cl)c(F)cc1N. The van der Waals surface area contributed by atoms with Crippen LogP contribution in [-0.4, -0.2) is 7.05 Å². The zero-order valence-electron chi connectivity index (χ0n) is 11.2. The van der Waals surface area contributed by atoms with Gasteiger partial charge in [0.15, 0.2) is 0 Å². The molecule has 2 aromatic carbocycles. The molecule has 20 heavy (non-hydrogen) atoms. The van der Waals surface area contributed by atoms with Crippen molar-refractivity contribution in [3.63, 3.8) is 0 Å². The molecule has 5 heteroatoms. The number of anilines is 2. The Morgan fingerprint density at radius 2 is 1.90 bits per heavy atom. The fourth-order valence-corrected chi connectivity index (χ4v) is 2.41. The number of nitrogens with two attached hydrogens (primary N) is 1. The standard InChI is InChI=1S/C15H15Cl2FN2/c1-9(10-4-3-5-11(16)6-10)20(2)15-7-12(17)13(18)8-14(15)19/h3-9H,19H2,1-2H3. The molecule has 0 aliphatic rings. The third-order valence-corrected chi connectivity index (χ3v) is 3.89. The molecule has 0 aliphatic heterocycles. The summed E-state index contributed by atoms with van der Waals surface area (Å²) in [6.45, 7) is 2.02. The summed E-state index contributed by atoms with van der Waals surface area (Å²) in [6.07, 6.45) is 0. The minimum absolute atomic E-state index is 0.0255. The largest absolute Gasteiger partial charge is 0.397 e. The van der Waals surface area contributed by atoms with E-state index in [1.165, 1.54) is 12.1 Å². The lowest BCUT2D eigenvalue weighted by atomic mass is 10.1. The summed E-state index contributed by atoms with van der Waals surface area (Å²) in [5, 5.41) is 0.729. The second-order valence-electron chi connectivity index (χ2n) is 4.67. The molecule has 0 aromatic heterocycles. The van der Waals surface area contributed by atoms with Gasteiger partial charge in [0.05, 0.1) is 22.4 Å². The molecular formula is C15H15Cl2FN2. The average molecular weight is 313 g/mol. The van der Waals surface area contributed by atoms with Crippen LogP contribution in [0.2, 0.25) is 10.0 Å². The summed E-state index contributed by atoms with van der Waals surface area (Å²) < 4.78 is 13.4. The Morgan fingerprint density at radius 3 is 2.55 bits per heavy atom. The normalized spacial score (nSPS) is 12.2.